The molecule has 2 aromatic heterocycles. The van der Waals surface area contributed by atoms with Crippen LogP contribution in [0, 0.1) is 0 Å². The van der Waals surface area contributed by atoms with Gasteiger partial charge in [0.25, 0.3) is 0 Å². The van der Waals surface area contributed by atoms with E-state index in [1.54, 1.807) is 0 Å². The molecule has 0 amide bonds. The summed E-state index contributed by atoms with van der Waals surface area (Å²) in [6.45, 7) is 0. The molecule has 0 unspecified atom stereocenters. The maximum atomic E-state index is 7.04. The van der Waals surface area contributed by atoms with Crippen molar-refractivity contribution < 1.29 is 8.83 Å². The largest absolute Gasteiger partial charge is 0.456 e. The molecular formula is C88H54N2O2. The molecule has 19 rings (SSSR count). The first kappa shape index (κ1) is 51.8. The van der Waals surface area contributed by atoms with Gasteiger partial charge in [-0.25, -0.2) is 0 Å². The van der Waals surface area contributed by atoms with Gasteiger partial charge in [-0.05, 0) is 124 Å². The first-order chi connectivity index (χ1) is 45.7. The Labute approximate surface area is 529 Å². The van der Waals surface area contributed by atoms with Gasteiger partial charge in [0.1, 0.15) is 22.3 Å². The zero-order valence-corrected chi connectivity index (χ0v) is 49.9. The highest BCUT2D eigenvalue weighted by atomic mass is 16.3. The zero-order chi connectivity index (χ0) is 60.4. The summed E-state index contributed by atoms with van der Waals surface area (Å²) in [6.07, 6.45) is 0. The van der Waals surface area contributed by atoms with Crippen molar-refractivity contribution in [1.82, 2.24) is 0 Å². The average Bonchev–Trinajstić information content (AvgIpc) is 1.22. The van der Waals surface area contributed by atoms with Crippen molar-refractivity contribution in [3.63, 3.8) is 0 Å². The standard InChI is InChI=1S/C88H54N2O2/c1-3-21-55(22-4-1)57-39-45-61(46-40-57)89(77-53-81-86(69-33-15-13-31-67(69)77)84-63-27-9-7-25-59(63)43-51-79(84)91-81)76-50-49-73(65-29-11-12-30-66(65)76)83-71-35-17-19-37-74(71)88(75-38-20-18-36-72(75)83)90(62-47-41-58(42-48-62)56-23-5-2-6-24-56)78-54-82-87(70-34-16-14-32-68(70)78)85-64-28-10-8-26-60(64)44-52-80(85)92-82/h1-54H. The molecule has 4 nitrogen and oxygen atoms in total. The lowest BCUT2D eigenvalue weighted by atomic mass is 9.87. The highest BCUT2D eigenvalue weighted by Gasteiger charge is 2.29. The molecule has 92 heavy (non-hydrogen) atoms. The molecular weight excluding hydrogens is 1120 g/mol. The zero-order valence-electron chi connectivity index (χ0n) is 49.9. The smallest absolute Gasteiger partial charge is 0.138 e. The Morgan fingerprint density at radius 1 is 0.207 bits per heavy atom. The van der Waals surface area contributed by atoms with E-state index in [4.69, 9.17) is 8.83 Å². The third kappa shape index (κ3) is 7.97. The van der Waals surface area contributed by atoms with Crippen molar-refractivity contribution in [2.75, 3.05) is 9.80 Å². The summed E-state index contributed by atoms with van der Waals surface area (Å²) < 4.78 is 14.0. The van der Waals surface area contributed by atoms with Crippen LogP contribution < -0.4 is 9.80 Å². The average molecular weight is 1170 g/mol. The van der Waals surface area contributed by atoms with Crippen LogP contribution in [0.4, 0.5) is 34.1 Å². The molecule has 0 spiro atoms. The fraction of sp³-hybridized carbons (Fsp3) is 0. The van der Waals surface area contributed by atoms with Crippen molar-refractivity contribution in [1.29, 1.82) is 0 Å². The fourth-order valence-corrected chi connectivity index (χ4v) is 15.1. The summed E-state index contributed by atoms with van der Waals surface area (Å²) in [5.41, 5.74) is 16.7. The molecule has 17 aromatic carbocycles. The fourth-order valence-electron chi connectivity index (χ4n) is 15.1. The molecule has 0 atom stereocenters. The van der Waals surface area contributed by atoms with Gasteiger partial charge in [-0.1, -0.05) is 273 Å². The first-order valence-electron chi connectivity index (χ1n) is 31.6. The molecule has 0 fully saturated rings. The van der Waals surface area contributed by atoms with Gasteiger partial charge in [-0.2, -0.15) is 0 Å². The quantitative estimate of drug-likeness (QED) is 0.135. The normalized spacial score (nSPS) is 11.9. The maximum Gasteiger partial charge on any atom is 0.138 e. The van der Waals surface area contributed by atoms with Gasteiger partial charge in [0.05, 0.1) is 22.7 Å². The third-order valence-corrected chi connectivity index (χ3v) is 19.2. The lowest BCUT2D eigenvalue weighted by Gasteiger charge is -2.31. The molecule has 0 saturated heterocycles. The number of fused-ring (bicyclic) bond motifs is 17. The van der Waals surface area contributed by atoms with E-state index in [0.717, 1.165) is 149 Å². The summed E-state index contributed by atoms with van der Waals surface area (Å²) in [5, 5.41) is 20.6. The van der Waals surface area contributed by atoms with Crippen LogP contribution in [0.1, 0.15) is 0 Å². The summed E-state index contributed by atoms with van der Waals surface area (Å²) in [7, 11) is 0. The number of hydrogen-bond acceptors (Lipinski definition) is 4. The Balaban J connectivity index is 0.857. The van der Waals surface area contributed by atoms with Crippen LogP contribution in [0.5, 0.6) is 0 Å². The molecule has 4 heteroatoms. The van der Waals surface area contributed by atoms with Crippen LogP contribution in [0.15, 0.2) is 336 Å². The van der Waals surface area contributed by atoms with E-state index in [0.29, 0.717) is 0 Å². The summed E-state index contributed by atoms with van der Waals surface area (Å²) in [5.74, 6) is 0. The summed E-state index contributed by atoms with van der Waals surface area (Å²) in [6, 6.07) is 119. The van der Waals surface area contributed by atoms with E-state index in [9.17, 15) is 0 Å². The summed E-state index contributed by atoms with van der Waals surface area (Å²) >= 11 is 0. The van der Waals surface area contributed by atoms with Crippen LogP contribution in [0.25, 0.3) is 153 Å². The van der Waals surface area contributed by atoms with E-state index in [-0.39, 0.29) is 0 Å². The van der Waals surface area contributed by atoms with Gasteiger partial charge in [-0.3, -0.25) is 0 Å². The van der Waals surface area contributed by atoms with Crippen molar-refractivity contribution in [3.8, 4) is 33.4 Å². The number of furan rings is 2. The molecule has 0 aliphatic rings. The Morgan fingerprint density at radius 2 is 0.554 bits per heavy atom. The number of hydrogen-bond donors (Lipinski definition) is 0. The molecule has 0 saturated carbocycles. The maximum absolute atomic E-state index is 7.04. The van der Waals surface area contributed by atoms with Gasteiger partial charge in [0.15, 0.2) is 0 Å². The Bertz CT molecular complexity index is 6130. The van der Waals surface area contributed by atoms with E-state index in [1.807, 2.05) is 0 Å². The molecule has 0 aliphatic heterocycles. The number of benzene rings is 17. The molecule has 0 bridgehead atoms. The van der Waals surface area contributed by atoms with Crippen molar-refractivity contribution in [2.45, 2.75) is 0 Å². The number of rotatable bonds is 9. The minimum absolute atomic E-state index is 0.841. The van der Waals surface area contributed by atoms with E-state index >= 15 is 0 Å². The molecule has 0 aliphatic carbocycles. The van der Waals surface area contributed by atoms with Crippen LogP contribution in [0.2, 0.25) is 0 Å². The van der Waals surface area contributed by atoms with Crippen molar-refractivity contribution >= 4 is 153 Å². The predicted molar refractivity (Wildman–Crippen MR) is 389 cm³/mol. The van der Waals surface area contributed by atoms with Gasteiger partial charge in [0, 0.05) is 72.0 Å². The second kappa shape index (κ2) is 20.7. The SMILES string of the molecule is c1ccc(-c2ccc(N(c3ccc(-c4c5ccccc5c(N(c5ccc(-c6ccccc6)cc5)c5cc6oc7ccc8ccccc8c7c6c6ccccc56)c5ccccc45)c4ccccc34)c3cc4oc5ccc6ccccc6c5c4c4ccccc34)cc2)cc1. The van der Waals surface area contributed by atoms with Gasteiger partial charge in [0.2, 0.25) is 0 Å². The van der Waals surface area contributed by atoms with Gasteiger partial charge >= 0.3 is 0 Å². The van der Waals surface area contributed by atoms with Crippen LogP contribution in [0.3, 0.4) is 0 Å². The number of nitrogens with zero attached hydrogens (tertiary/aromatic N) is 2. The second-order valence-corrected chi connectivity index (χ2v) is 24.1. The molecule has 0 radical (unpaired) electrons. The van der Waals surface area contributed by atoms with Crippen LogP contribution >= 0.6 is 0 Å². The van der Waals surface area contributed by atoms with E-state index in [2.05, 4.69) is 337 Å². The predicted octanol–water partition coefficient (Wildman–Crippen LogP) is 25.5. The topological polar surface area (TPSA) is 32.8 Å². The molecule has 0 N–H and O–H groups in total. The lowest BCUT2D eigenvalue weighted by molar-refractivity contribution is 0.669. The second-order valence-electron chi connectivity index (χ2n) is 24.1. The van der Waals surface area contributed by atoms with Gasteiger partial charge in [-0.15, -0.1) is 0 Å². The number of anilines is 6. The molecule has 2 heterocycles. The van der Waals surface area contributed by atoms with Crippen molar-refractivity contribution in [2.24, 2.45) is 0 Å². The van der Waals surface area contributed by atoms with Crippen LogP contribution in [-0.2, 0) is 0 Å². The minimum Gasteiger partial charge on any atom is -0.456 e. The van der Waals surface area contributed by atoms with Crippen molar-refractivity contribution in [3.05, 3.63) is 328 Å². The minimum atomic E-state index is 0.841. The highest BCUT2D eigenvalue weighted by Crippen LogP contribution is 2.54. The van der Waals surface area contributed by atoms with E-state index < -0.39 is 0 Å². The van der Waals surface area contributed by atoms with E-state index in [1.165, 1.54) is 38.2 Å². The monoisotopic (exact) mass is 1170 g/mol. The molecule has 19 aromatic rings. The Morgan fingerprint density at radius 3 is 1.03 bits per heavy atom. The lowest BCUT2D eigenvalue weighted by Crippen LogP contribution is -2.12. The third-order valence-electron chi connectivity index (χ3n) is 19.2. The first-order valence-corrected chi connectivity index (χ1v) is 31.6. The highest BCUT2D eigenvalue weighted by molar-refractivity contribution is 6.32. The van der Waals surface area contributed by atoms with Crippen LogP contribution in [-0.4, -0.2) is 0 Å². The molecule has 428 valence electrons. The summed E-state index contributed by atoms with van der Waals surface area (Å²) in [4.78, 5) is 4.96. The Hall–Kier alpha value is -12.2. The van der Waals surface area contributed by atoms with Gasteiger partial charge < -0.3 is 18.6 Å². The Kier molecular flexibility index (Phi) is 11.6.